The molecule has 0 fully saturated rings. The van der Waals surface area contributed by atoms with Crippen molar-refractivity contribution in [2.45, 2.75) is 13.5 Å². The molecule has 0 aliphatic carbocycles. The van der Waals surface area contributed by atoms with Gasteiger partial charge in [0.1, 0.15) is 5.82 Å². The molecule has 0 aliphatic heterocycles. The van der Waals surface area contributed by atoms with E-state index in [1.165, 1.54) is 11.1 Å². The number of aryl methyl sites for hydroxylation is 1. The first-order chi connectivity index (χ1) is 8.79. The van der Waals surface area contributed by atoms with Gasteiger partial charge in [0.15, 0.2) is 0 Å². The van der Waals surface area contributed by atoms with E-state index in [2.05, 4.69) is 46.6 Å². The fraction of sp³-hybridized carbons (Fsp3) is 0.133. The van der Waals surface area contributed by atoms with Gasteiger partial charge < -0.3 is 5.73 Å². The Labute approximate surface area is 106 Å². The molecule has 0 spiro atoms. The summed E-state index contributed by atoms with van der Waals surface area (Å²) in [5.41, 5.74) is 10.4. The molecule has 0 radical (unpaired) electrons. The molecule has 3 rings (SSSR count). The van der Waals surface area contributed by atoms with E-state index in [1.54, 1.807) is 0 Å². The Morgan fingerprint density at radius 2 is 1.89 bits per heavy atom. The molecule has 2 aromatic heterocycles. The molecule has 90 valence electrons. The number of nitrogens with two attached hydrogens (primary N) is 1. The van der Waals surface area contributed by atoms with E-state index in [0.29, 0.717) is 6.54 Å². The summed E-state index contributed by atoms with van der Waals surface area (Å²) in [5.74, 6) is 0.890. The van der Waals surface area contributed by atoms with Crippen molar-refractivity contribution in [3.8, 4) is 11.3 Å². The second-order valence-electron chi connectivity index (χ2n) is 4.42. The minimum atomic E-state index is 0.442. The van der Waals surface area contributed by atoms with Crippen molar-refractivity contribution in [1.29, 1.82) is 0 Å². The van der Waals surface area contributed by atoms with Crippen LogP contribution >= 0.6 is 0 Å². The largest absolute Gasteiger partial charge is 0.324 e. The van der Waals surface area contributed by atoms with E-state index in [0.717, 1.165) is 17.0 Å². The minimum absolute atomic E-state index is 0.442. The number of pyridine rings is 1. The Balaban J connectivity index is 2.28. The van der Waals surface area contributed by atoms with Crippen molar-refractivity contribution in [3.63, 3.8) is 0 Å². The van der Waals surface area contributed by atoms with Crippen LogP contribution in [0.2, 0.25) is 0 Å². The highest BCUT2D eigenvalue weighted by atomic mass is 15.0. The lowest BCUT2D eigenvalue weighted by Crippen LogP contribution is -2.04. The van der Waals surface area contributed by atoms with Gasteiger partial charge in [-0.25, -0.2) is 4.98 Å². The molecule has 2 N–H and O–H groups in total. The van der Waals surface area contributed by atoms with Gasteiger partial charge in [0.2, 0.25) is 0 Å². The summed E-state index contributed by atoms with van der Waals surface area (Å²) in [6.07, 6.45) is 1.86. The fourth-order valence-electron chi connectivity index (χ4n) is 2.21. The predicted molar refractivity (Wildman–Crippen MR) is 73.3 cm³/mol. The molecule has 18 heavy (non-hydrogen) atoms. The highest BCUT2D eigenvalue weighted by molar-refractivity contribution is 5.65. The molecule has 3 nitrogen and oxygen atoms in total. The van der Waals surface area contributed by atoms with Crippen LogP contribution in [-0.2, 0) is 6.54 Å². The van der Waals surface area contributed by atoms with E-state index in [1.807, 2.05) is 18.3 Å². The molecule has 0 aliphatic rings. The van der Waals surface area contributed by atoms with Gasteiger partial charge in [0, 0.05) is 0 Å². The van der Waals surface area contributed by atoms with Crippen LogP contribution in [0.15, 0.2) is 48.7 Å². The highest BCUT2D eigenvalue weighted by Gasteiger charge is 2.07. The number of rotatable bonds is 2. The number of aromatic nitrogens is 2. The number of hydrogen-bond acceptors (Lipinski definition) is 2. The van der Waals surface area contributed by atoms with Crippen LogP contribution in [0, 0.1) is 6.92 Å². The quantitative estimate of drug-likeness (QED) is 0.744. The normalized spacial score (nSPS) is 11.0. The number of nitrogens with zero attached hydrogens (tertiary/aromatic N) is 2. The fourth-order valence-corrected chi connectivity index (χ4v) is 2.21. The van der Waals surface area contributed by atoms with Gasteiger partial charge in [-0.1, -0.05) is 35.9 Å². The van der Waals surface area contributed by atoms with Gasteiger partial charge in [0.25, 0.3) is 0 Å². The molecule has 1 aromatic carbocycles. The van der Waals surface area contributed by atoms with Crippen molar-refractivity contribution in [3.05, 3.63) is 60.0 Å². The molecule has 3 heteroatoms. The minimum Gasteiger partial charge on any atom is -0.324 e. The third kappa shape index (κ3) is 1.69. The molecular formula is C15H15N3. The maximum absolute atomic E-state index is 5.75. The highest BCUT2D eigenvalue weighted by Crippen LogP contribution is 2.22. The van der Waals surface area contributed by atoms with Gasteiger partial charge in [-0.3, -0.25) is 4.40 Å². The van der Waals surface area contributed by atoms with E-state index in [9.17, 15) is 0 Å². The van der Waals surface area contributed by atoms with Crippen molar-refractivity contribution in [2.75, 3.05) is 0 Å². The van der Waals surface area contributed by atoms with Crippen LogP contribution in [0.1, 0.15) is 11.4 Å². The first kappa shape index (κ1) is 11.0. The van der Waals surface area contributed by atoms with E-state index in [4.69, 9.17) is 5.73 Å². The van der Waals surface area contributed by atoms with E-state index in [-0.39, 0.29) is 0 Å². The van der Waals surface area contributed by atoms with Gasteiger partial charge in [-0.05, 0) is 24.6 Å². The lowest BCUT2D eigenvalue weighted by atomic mass is 10.1. The van der Waals surface area contributed by atoms with Crippen molar-refractivity contribution in [1.82, 2.24) is 9.38 Å². The topological polar surface area (TPSA) is 43.3 Å². The first-order valence-electron chi connectivity index (χ1n) is 6.02. The molecule has 0 bridgehead atoms. The third-order valence-corrected chi connectivity index (χ3v) is 3.15. The molecule has 0 atom stereocenters. The second kappa shape index (κ2) is 4.27. The zero-order valence-electron chi connectivity index (χ0n) is 10.3. The Hall–Kier alpha value is -2.13. The first-order valence-corrected chi connectivity index (χ1v) is 6.02. The maximum atomic E-state index is 5.75. The summed E-state index contributed by atoms with van der Waals surface area (Å²) in [5, 5.41) is 0. The third-order valence-electron chi connectivity index (χ3n) is 3.15. The van der Waals surface area contributed by atoms with Crippen LogP contribution in [0.3, 0.4) is 0 Å². The lowest BCUT2D eigenvalue weighted by molar-refractivity contribution is 0.907. The van der Waals surface area contributed by atoms with E-state index >= 15 is 0 Å². The SMILES string of the molecule is Cc1ccc(-c2cccc3cnc(CN)n23)cc1. The molecule has 0 saturated carbocycles. The van der Waals surface area contributed by atoms with Crippen LogP contribution < -0.4 is 5.73 Å². The number of fused-ring (bicyclic) bond motifs is 1. The Kier molecular flexibility index (Phi) is 2.61. The van der Waals surface area contributed by atoms with Gasteiger partial charge in [-0.15, -0.1) is 0 Å². The zero-order valence-corrected chi connectivity index (χ0v) is 10.3. The van der Waals surface area contributed by atoms with Gasteiger partial charge >= 0.3 is 0 Å². The van der Waals surface area contributed by atoms with E-state index < -0.39 is 0 Å². The van der Waals surface area contributed by atoms with Crippen LogP contribution in [0.4, 0.5) is 0 Å². The zero-order chi connectivity index (χ0) is 12.5. The van der Waals surface area contributed by atoms with Crippen molar-refractivity contribution < 1.29 is 0 Å². The monoisotopic (exact) mass is 237 g/mol. The average Bonchev–Trinajstić information content (AvgIpc) is 2.82. The lowest BCUT2D eigenvalue weighted by Gasteiger charge is -2.08. The van der Waals surface area contributed by atoms with Crippen molar-refractivity contribution >= 4 is 5.52 Å². The smallest absolute Gasteiger partial charge is 0.127 e. The molecular weight excluding hydrogens is 222 g/mol. The molecule has 2 heterocycles. The maximum Gasteiger partial charge on any atom is 0.127 e. The number of imidazole rings is 1. The van der Waals surface area contributed by atoms with Crippen molar-refractivity contribution in [2.24, 2.45) is 5.73 Å². The molecule has 3 aromatic rings. The standard InChI is InChI=1S/C15H15N3/c1-11-5-7-12(8-6-11)14-4-2-3-13-10-17-15(9-16)18(13)14/h2-8,10H,9,16H2,1H3. The number of benzene rings is 1. The van der Waals surface area contributed by atoms with Gasteiger partial charge in [-0.2, -0.15) is 0 Å². The Morgan fingerprint density at radius 1 is 1.11 bits per heavy atom. The summed E-state index contributed by atoms with van der Waals surface area (Å²) in [7, 11) is 0. The summed E-state index contributed by atoms with van der Waals surface area (Å²) < 4.78 is 2.12. The molecule has 0 unspecified atom stereocenters. The Bertz CT molecular complexity index is 681. The molecule has 0 saturated heterocycles. The summed E-state index contributed by atoms with van der Waals surface area (Å²) in [4.78, 5) is 4.36. The van der Waals surface area contributed by atoms with Crippen LogP contribution in [0.25, 0.3) is 16.8 Å². The molecule has 0 amide bonds. The average molecular weight is 237 g/mol. The van der Waals surface area contributed by atoms with Crippen LogP contribution in [0.5, 0.6) is 0 Å². The van der Waals surface area contributed by atoms with Gasteiger partial charge in [0.05, 0.1) is 24.0 Å². The summed E-state index contributed by atoms with van der Waals surface area (Å²) in [6.45, 7) is 2.53. The summed E-state index contributed by atoms with van der Waals surface area (Å²) in [6, 6.07) is 14.7. The Morgan fingerprint density at radius 3 is 2.61 bits per heavy atom. The summed E-state index contributed by atoms with van der Waals surface area (Å²) >= 11 is 0. The number of hydrogen-bond donors (Lipinski definition) is 1. The second-order valence-corrected chi connectivity index (χ2v) is 4.42. The van der Waals surface area contributed by atoms with Crippen LogP contribution in [-0.4, -0.2) is 9.38 Å². The predicted octanol–water partition coefficient (Wildman–Crippen LogP) is 2.77.